The van der Waals surface area contributed by atoms with Crippen LogP contribution in [0.4, 0.5) is 11.6 Å². The van der Waals surface area contributed by atoms with E-state index < -0.39 is 16.9 Å². The van der Waals surface area contributed by atoms with Crippen molar-refractivity contribution < 1.29 is 14.5 Å². The molecule has 0 fully saturated rings. The van der Waals surface area contributed by atoms with Gasteiger partial charge in [-0.15, -0.1) is 5.10 Å². The van der Waals surface area contributed by atoms with E-state index in [1.807, 2.05) is 25.1 Å². The molecule has 1 atom stereocenters. The van der Waals surface area contributed by atoms with Crippen LogP contribution in [-0.4, -0.2) is 32.3 Å². The number of aromatic nitrogens is 3. The summed E-state index contributed by atoms with van der Waals surface area (Å²) < 4.78 is 6.81. The van der Waals surface area contributed by atoms with Crippen molar-refractivity contribution in [2.45, 2.75) is 30.8 Å². The zero-order chi connectivity index (χ0) is 24.2. The van der Waals surface area contributed by atoms with Crippen LogP contribution in [0.1, 0.15) is 29.7 Å². The van der Waals surface area contributed by atoms with Crippen LogP contribution in [0.15, 0.2) is 77.6 Å². The third kappa shape index (κ3) is 4.72. The highest BCUT2D eigenvalue weighted by Gasteiger charge is 2.38. The molecule has 0 amide bonds. The van der Waals surface area contributed by atoms with Crippen LogP contribution < -0.4 is 5.32 Å². The number of anilines is 1. The fraction of sp³-hybridized carbons (Fsp3) is 0.208. The molecule has 0 aliphatic carbocycles. The highest BCUT2D eigenvalue weighted by Crippen LogP contribution is 2.40. The number of allylic oxidation sites excluding steroid dienone is 1. The zero-order valence-electron chi connectivity index (χ0n) is 18.7. The number of nitrogens with zero attached hydrogens (tertiary/aromatic N) is 4. The number of thioether (sulfide) groups is 1. The topological polar surface area (TPSA) is 112 Å². The number of nitro benzene ring substituents is 1. The van der Waals surface area contributed by atoms with Crippen LogP contribution in [0.5, 0.6) is 0 Å². The van der Waals surface area contributed by atoms with Gasteiger partial charge in [-0.2, -0.15) is 4.98 Å². The van der Waals surface area contributed by atoms with Gasteiger partial charge in [-0.1, -0.05) is 66.4 Å². The molecule has 1 aliphatic heterocycles. The van der Waals surface area contributed by atoms with Crippen LogP contribution in [0, 0.1) is 17.0 Å². The maximum atomic E-state index is 13.0. The lowest BCUT2D eigenvalue weighted by molar-refractivity contribution is -0.385. The zero-order valence-corrected chi connectivity index (χ0v) is 19.5. The van der Waals surface area contributed by atoms with Crippen molar-refractivity contribution in [3.05, 3.63) is 99.3 Å². The van der Waals surface area contributed by atoms with Gasteiger partial charge in [-0.3, -0.25) is 10.1 Å². The van der Waals surface area contributed by atoms with Gasteiger partial charge in [0.05, 0.1) is 16.1 Å². The highest BCUT2D eigenvalue weighted by atomic mass is 32.2. The molecule has 4 rings (SSSR count). The van der Waals surface area contributed by atoms with Gasteiger partial charge < -0.3 is 10.1 Å². The number of nitro groups is 1. The standard InChI is InChI=1S/C24H23N5O4S/c1-4-12-33-22(30)20-16(3)25-23-26-24(34-14-17-9-7-8-15(2)13-17)27-28(23)21(20)18-10-5-6-11-19(18)29(31)32/h4-11,13,21H,1,12,14H2,2-3H3,(H,25,26,27)/t21-/m1/s1. The summed E-state index contributed by atoms with van der Waals surface area (Å²) in [7, 11) is 0. The first-order valence-electron chi connectivity index (χ1n) is 10.5. The van der Waals surface area contributed by atoms with Crippen molar-refractivity contribution in [3.8, 4) is 0 Å². The van der Waals surface area contributed by atoms with Crippen molar-refractivity contribution in [2.24, 2.45) is 0 Å². The third-order valence-electron chi connectivity index (χ3n) is 5.26. The summed E-state index contributed by atoms with van der Waals surface area (Å²) in [4.78, 5) is 28.9. The van der Waals surface area contributed by atoms with Crippen molar-refractivity contribution in [3.63, 3.8) is 0 Å². The predicted molar refractivity (Wildman–Crippen MR) is 129 cm³/mol. The molecule has 1 aromatic heterocycles. The Hall–Kier alpha value is -3.92. The van der Waals surface area contributed by atoms with E-state index in [-0.39, 0.29) is 17.9 Å². The number of benzene rings is 2. The van der Waals surface area contributed by atoms with Crippen molar-refractivity contribution in [1.82, 2.24) is 14.8 Å². The van der Waals surface area contributed by atoms with E-state index in [2.05, 4.69) is 28.0 Å². The van der Waals surface area contributed by atoms with E-state index in [9.17, 15) is 14.9 Å². The van der Waals surface area contributed by atoms with Crippen LogP contribution >= 0.6 is 11.8 Å². The number of fused-ring (bicyclic) bond motifs is 1. The van der Waals surface area contributed by atoms with Gasteiger partial charge >= 0.3 is 5.97 Å². The van der Waals surface area contributed by atoms with Gasteiger partial charge in [0.1, 0.15) is 12.6 Å². The predicted octanol–water partition coefficient (Wildman–Crippen LogP) is 4.81. The lowest BCUT2D eigenvalue weighted by atomic mass is 9.94. The minimum Gasteiger partial charge on any atom is -0.458 e. The molecule has 10 heteroatoms. The summed E-state index contributed by atoms with van der Waals surface area (Å²) in [5.41, 5.74) is 3.21. The number of hydrogen-bond acceptors (Lipinski definition) is 8. The molecule has 0 saturated heterocycles. The Bertz CT molecular complexity index is 1300. The molecule has 2 aromatic carbocycles. The molecule has 34 heavy (non-hydrogen) atoms. The first-order chi connectivity index (χ1) is 16.4. The quantitative estimate of drug-likeness (QED) is 0.162. The number of para-hydroxylation sites is 1. The lowest BCUT2D eigenvalue weighted by Gasteiger charge is -2.27. The molecule has 0 unspecified atom stereocenters. The molecule has 0 spiro atoms. The summed E-state index contributed by atoms with van der Waals surface area (Å²) in [6.07, 6.45) is 1.46. The van der Waals surface area contributed by atoms with Gasteiger partial charge in [0.2, 0.25) is 11.1 Å². The van der Waals surface area contributed by atoms with Crippen molar-refractivity contribution in [1.29, 1.82) is 0 Å². The van der Waals surface area contributed by atoms with Crippen LogP contribution in [0.25, 0.3) is 0 Å². The second-order valence-corrected chi connectivity index (χ2v) is 8.65. The fourth-order valence-corrected chi connectivity index (χ4v) is 4.56. The van der Waals surface area contributed by atoms with Crippen molar-refractivity contribution in [2.75, 3.05) is 11.9 Å². The van der Waals surface area contributed by atoms with E-state index in [0.29, 0.717) is 28.1 Å². The first-order valence-corrected chi connectivity index (χ1v) is 11.5. The minimum absolute atomic E-state index is 0.0149. The van der Waals surface area contributed by atoms with Crippen LogP contribution in [-0.2, 0) is 15.3 Å². The number of ether oxygens (including phenoxy) is 1. The molecule has 9 nitrogen and oxygen atoms in total. The number of nitrogens with one attached hydrogen (secondary N) is 1. The van der Waals surface area contributed by atoms with E-state index >= 15 is 0 Å². The van der Waals surface area contributed by atoms with Gasteiger partial charge in [-0.05, 0) is 25.5 Å². The lowest BCUT2D eigenvalue weighted by Crippen LogP contribution is -2.30. The van der Waals surface area contributed by atoms with Crippen LogP contribution in [0.3, 0.4) is 0 Å². The summed E-state index contributed by atoms with van der Waals surface area (Å²) in [6, 6.07) is 13.6. The number of carbonyl (C=O) groups excluding carboxylic acids is 1. The Morgan fingerprint density at radius 2 is 2.09 bits per heavy atom. The average Bonchev–Trinajstić information content (AvgIpc) is 3.22. The normalized spacial score (nSPS) is 14.8. The summed E-state index contributed by atoms with van der Waals surface area (Å²) in [5, 5.41) is 20.0. The highest BCUT2D eigenvalue weighted by molar-refractivity contribution is 7.98. The molecule has 2 heterocycles. The van der Waals surface area contributed by atoms with Gasteiger partial charge in [-0.25, -0.2) is 9.48 Å². The van der Waals surface area contributed by atoms with E-state index in [1.54, 1.807) is 25.1 Å². The third-order valence-corrected chi connectivity index (χ3v) is 6.17. The molecule has 0 radical (unpaired) electrons. The van der Waals surface area contributed by atoms with Gasteiger partial charge in [0, 0.05) is 17.5 Å². The maximum Gasteiger partial charge on any atom is 0.338 e. The molecular weight excluding hydrogens is 454 g/mol. The van der Waals surface area contributed by atoms with Crippen molar-refractivity contribution >= 4 is 29.4 Å². The van der Waals surface area contributed by atoms with Crippen LogP contribution in [0.2, 0.25) is 0 Å². The number of aryl methyl sites for hydroxylation is 1. The summed E-state index contributed by atoms with van der Waals surface area (Å²) in [6.45, 7) is 7.33. The first kappa shape index (κ1) is 23.2. The molecule has 0 bridgehead atoms. The average molecular weight is 478 g/mol. The monoisotopic (exact) mass is 477 g/mol. The molecule has 174 valence electrons. The Labute approximate surface area is 200 Å². The number of rotatable bonds is 8. The Kier molecular flexibility index (Phi) is 6.78. The summed E-state index contributed by atoms with van der Waals surface area (Å²) in [5.74, 6) is 0.442. The summed E-state index contributed by atoms with van der Waals surface area (Å²) >= 11 is 1.44. The van der Waals surface area contributed by atoms with Gasteiger partial charge in [0.25, 0.3) is 5.69 Å². The molecule has 1 N–H and O–H groups in total. The second kappa shape index (κ2) is 9.92. The molecule has 0 saturated carbocycles. The number of carbonyl (C=O) groups is 1. The smallest absolute Gasteiger partial charge is 0.338 e. The minimum atomic E-state index is -0.879. The SMILES string of the molecule is C=CCOC(=O)C1=C(C)Nc2nc(SCc3cccc(C)c3)nn2[C@@H]1c1ccccc1[N+](=O)[O-]. The fourth-order valence-electron chi connectivity index (χ4n) is 3.79. The van der Waals surface area contributed by atoms with Gasteiger partial charge in [0.15, 0.2) is 0 Å². The molecule has 1 aliphatic rings. The van der Waals surface area contributed by atoms with E-state index in [1.165, 1.54) is 28.6 Å². The number of hydrogen-bond donors (Lipinski definition) is 1. The molecular formula is C24H23N5O4S. The Morgan fingerprint density at radius 1 is 1.29 bits per heavy atom. The maximum absolute atomic E-state index is 13.0. The van der Waals surface area contributed by atoms with E-state index in [4.69, 9.17) is 4.74 Å². The molecule has 3 aromatic rings. The Morgan fingerprint density at radius 3 is 2.82 bits per heavy atom. The Balaban J connectivity index is 1.75. The second-order valence-electron chi connectivity index (χ2n) is 7.71. The largest absolute Gasteiger partial charge is 0.458 e. The van der Waals surface area contributed by atoms with E-state index in [0.717, 1.165) is 11.1 Å². The number of esters is 1.